The van der Waals surface area contributed by atoms with Gasteiger partial charge in [0.05, 0.1) is 5.92 Å². The van der Waals surface area contributed by atoms with Crippen LogP contribution in [0.1, 0.15) is 12.0 Å². The van der Waals surface area contributed by atoms with Gasteiger partial charge in [-0.3, -0.25) is 14.4 Å². The van der Waals surface area contributed by atoms with Crippen molar-refractivity contribution in [2.45, 2.75) is 19.1 Å². The zero-order valence-corrected chi connectivity index (χ0v) is 15.2. The summed E-state index contributed by atoms with van der Waals surface area (Å²) in [5.74, 6) is -3.22. The van der Waals surface area contributed by atoms with E-state index in [0.717, 1.165) is 5.56 Å². The first-order valence-corrected chi connectivity index (χ1v) is 8.83. The first-order valence-electron chi connectivity index (χ1n) is 8.83. The van der Waals surface area contributed by atoms with E-state index in [0.29, 0.717) is 6.54 Å². The Balaban J connectivity index is 1.60. The van der Waals surface area contributed by atoms with Gasteiger partial charge in [-0.2, -0.15) is 13.2 Å². The molecule has 152 valence electrons. The van der Waals surface area contributed by atoms with E-state index >= 15 is 0 Å². The van der Waals surface area contributed by atoms with Crippen LogP contribution in [-0.4, -0.2) is 35.3 Å². The number of nitrogens with one attached hydrogen (secondary N) is 2. The number of nitrogens with zero attached hydrogens (tertiary/aromatic N) is 1. The van der Waals surface area contributed by atoms with Crippen LogP contribution in [0.5, 0.6) is 0 Å². The molecule has 6 nitrogen and oxygen atoms in total. The third kappa shape index (κ3) is 5.34. The molecule has 3 rings (SSSR count). The molecule has 2 N–H and O–H groups in total. The maximum Gasteiger partial charge on any atom is 0.471 e. The van der Waals surface area contributed by atoms with E-state index in [4.69, 9.17) is 0 Å². The molecule has 0 aromatic heterocycles. The Morgan fingerprint density at radius 1 is 1.00 bits per heavy atom. The average molecular weight is 405 g/mol. The molecule has 0 aliphatic carbocycles. The molecule has 2 aromatic rings. The highest BCUT2D eigenvalue weighted by atomic mass is 19.4. The van der Waals surface area contributed by atoms with E-state index in [1.54, 1.807) is 10.2 Å². The number of amides is 3. The minimum atomic E-state index is -5.01. The van der Waals surface area contributed by atoms with E-state index in [1.807, 2.05) is 30.3 Å². The number of hydrogen-bond donors (Lipinski definition) is 2. The monoisotopic (exact) mass is 405 g/mol. The second-order valence-corrected chi connectivity index (χ2v) is 6.68. The number of anilines is 2. The van der Waals surface area contributed by atoms with E-state index in [-0.39, 0.29) is 30.2 Å². The number of hydrogen-bond acceptors (Lipinski definition) is 3. The van der Waals surface area contributed by atoms with Crippen LogP contribution in [0.15, 0.2) is 54.6 Å². The van der Waals surface area contributed by atoms with Crippen molar-refractivity contribution in [1.29, 1.82) is 0 Å². The predicted octanol–water partition coefficient (Wildman–Crippen LogP) is 3.17. The van der Waals surface area contributed by atoms with Crippen LogP contribution in [0, 0.1) is 5.92 Å². The summed E-state index contributed by atoms with van der Waals surface area (Å²) in [5.41, 5.74) is 1.08. The highest BCUT2D eigenvalue weighted by molar-refractivity contribution is 5.99. The Morgan fingerprint density at radius 3 is 2.31 bits per heavy atom. The van der Waals surface area contributed by atoms with Crippen LogP contribution >= 0.6 is 0 Å². The fourth-order valence-corrected chi connectivity index (χ4v) is 3.03. The Kier molecular flexibility index (Phi) is 5.86. The number of carbonyl (C=O) groups excluding carboxylic acids is 3. The summed E-state index contributed by atoms with van der Waals surface area (Å²) in [6.07, 6.45) is -4.95. The van der Waals surface area contributed by atoms with Crippen LogP contribution in [0.25, 0.3) is 0 Å². The van der Waals surface area contributed by atoms with Crippen molar-refractivity contribution in [3.63, 3.8) is 0 Å². The van der Waals surface area contributed by atoms with Gasteiger partial charge in [0.2, 0.25) is 11.8 Å². The van der Waals surface area contributed by atoms with Crippen LogP contribution in [0.3, 0.4) is 0 Å². The number of rotatable bonds is 5. The lowest BCUT2D eigenvalue weighted by Crippen LogP contribution is -2.30. The first kappa shape index (κ1) is 20.4. The second kappa shape index (κ2) is 8.34. The fourth-order valence-electron chi connectivity index (χ4n) is 3.03. The summed E-state index contributed by atoms with van der Waals surface area (Å²) in [6, 6.07) is 14.8. The summed E-state index contributed by atoms with van der Waals surface area (Å²) in [6.45, 7) is 0.659. The normalized spacial score (nSPS) is 16.6. The van der Waals surface area contributed by atoms with Crippen molar-refractivity contribution in [3.05, 3.63) is 60.2 Å². The molecule has 1 unspecified atom stereocenters. The summed E-state index contributed by atoms with van der Waals surface area (Å²) in [7, 11) is 0. The van der Waals surface area contributed by atoms with Crippen LogP contribution in [-0.2, 0) is 20.9 Å². The van der Waals surface area contributed by atoms with Gasteiger partial charge < -0.3 is 15.5 Å². The summed E-state index contributed by atoms with van der Waals surface area (Å²) in [5, 5.41) is 4.32. The third-order valence-corrected chi connectivity index (χ3v) is 4.45. The van der Waals surface area contributed by atoms with Gasteiger partial charge in [0.25, 0.3) is 0 Å². The molecule has 3 amide bonds. The van der Waals surface area contributed by atoms with Crippen molar-refractivity contribution in [1.82, 2.24) is 4.90 Å². The average Bonchev–Trinajstić information content (AvgIpc) is 3.03. The lowest BCUT2D eigenvalue weighted by atomic mass is 10.1. The van der Waals surface area contributed by atoms with Gasteiger partial charge in [-0.25, -0.2) is 0 Å². The maximum absolute atomic E-state index is 12.5. The molecule has 2 aromatic carbocycles. The molecule has 1 fully saturated rings. The molecule has 0 bridgehead atoms. The Labute approximate surface area is 164 Å². The van der Waals surface area contributed by atoms with Crippen LogP contribution < -0.4 is 10.6 Å². The molecular weight excluding hydrogens is 387 g/mol. The molecule has 1 aliphatic rings. The molecule has 0 radical (unpaired) electrons. The Hall–Kier alpha value is -3.36. The zero-order chi connectivity index (χ0) is 21.0. The van der Waals surface area contributed by atoms with Crippen LogP contribution in [0.4, 0.5) is 24.5 Å². The van der Waals surface area contributed by atoms with E-state index in [9.17, 15) is 27.6 Å². The van der Waals surface area contributed by atoms with Crippen molar-refractivity contribution in [3.8, 4) is 0 Å². The molecular formula is C20H18F3N3O3. The topological polar surface area (TPSA) is 78.5 Å². The standard InChI is InChI=1S/C20H18F3N3O3/c21-20(22,23)19(29)25-16-8-4-7-15(10-16)24-18(28)14-9-17(27)26(12-14)11-13-5-2-1-3-6-13/h1-8,10,14H,9,11-12H2,(H,24,28)(H,25,29). The van der Waals surface area contributed by atoms with E-state index < -0.39 is 23.9 Å². The number of likely N-dealkylation sites (tertiary alicyclic amines) is 1. The number of benzene rings is 2. The maximum atomic E-state index is 12.5. The lowest BCUT2D eigenvalue weighted by molar-refractivity contribution is -0.167. The molecule has 1 aliphatic heterocycles. The number of alkyl halides is 3. The zero-order valence-electron chi connectivity index (χ0n) is 15.2. The van der Waals surface area contributed by atoms with Gasteiger partial charge >= 0.3 is 12.1 Å². The predicted molar refractivity (Wildman–Crippen MR) is 99.7 cm³/mol. The quantitative estimate of drug-likeness (QED) is 0.802. The SMILES string of the molecule is O=C(Nc1cccc(NC(=O)C(F)(F)F)c1)C1CC(=O)N(Cc2ccccc2)C1. The van der Waals surface area contributed by atoms with Gasteiger partial charge in [0.15, 0.2) is 0 Å². The minimum Gasteiger partial charge on any atom is -0.338 e. The van der Waals surface area contributed by atoms with Crippen molar-refractivity contribution in [2.24, 2.45) is 5.92 Å². The molecule has 0 spiro atoms. The van der Waals surface area contributed by atoms with E-state index in [2.05, 4.69) is 5.32 Å². The fraction of sp³-hybridized carbons (Fsp3) is 0.250. The van der Waals surface area contributed by atoms with Gasteiger partial charge in [0, 0.05) is 30.9 Å². The van der Waals surface area contributed by atoms with Crippen molar-refractivity contribution >= 4 is 29.1 Å². The molecule has 29 heavy (non-hydrogen) atoms. The summed E-state index contributed by atoms with van der Waals surface area (Å²) in [4.78, 5) is 37.3. The summed E-state index contributed by atoms with van der Waals surface area (Å²) >= 11 is 0. The van der Waals surface area contributed by atoms with E-state index in [1.165, 1.54) is 24.3 Å². The second-order valence-electron chi connectivity index (χ2n) is 6.68. The highest BCUT2D eigenvalue weighted by Crippen LogP contribution is 2.24. The van der Waals surface area contributed by atoms with Gasteiger partial charge in [-0.1, -0.05) is 36.4 Å². The van der Waals surface area contributed by atoms with Crippen LogP contribution in [0.2, 0.25) is 0 Å². The summed E-state index contributed by atoms with van der Waals surface area (Å²) < 4.78 is 37.1. The highest BCUT2D eigenvalue weighted by Gasteiger charge is 2.38. The largest absolute Gasteiger partial charge is 0.471 e. The number of carbonyl (C=O) groups is 3. The molecule has 0 saturated carbocycles. The molecule has 1 heterocycles. The van der Waals surface area contributed by atoms with Gasteiger partial charge in [-0.05, 0) is 23.8 Å². The Morgan fingerprint density at radius 2 is 1.66 bits per heavy atom. The van der Waals surface area contributed by atoms with Gasteiger partial charge in [0.1, 0.15) is 0 Å². The lowest BCUT2D eigenvalue weighted by Gasteiger charge is -2.17. The van der Waals surface area contributed by atoms with Crippen molar-refractivity contribution < 1.29 is 27.6 Å². The van der Waals surface area contributed by atoms with Gasteiger partial charge in [-0.15, -0.1) is 0 Å². The first-order chi connectivity index (χ1) is 13.7. The van der Waals surface area contributed by atoms with Crippen molar-refractivity contribution in [2.75, 3.05) is 17.2 Å². The molecule has 1 saturated heterocycles. The Bertz CT molecular complexity index is 916. The third-order valence-electron chi connectivity index (χ3n) is 4.45. The molecule has 9 heteroatoms. The molecule has 1 atom stereocenters. The smallest absolute Gasteiger partial charge is 0.338 e. The number of halogens is 3. The minimum absolute atomic E-state index is 0.0587.